The number of hydrogen-bond acceptors (Lipinski definition) is 3. The first kappa shape index (κ1) is 13.7. The van der Waals surface area contributed by atoms with Crippen LogP contribution in [0.25, 0.3) is 0 Å². The average molecular weight is 240 g/mol. The summed E-state index contributed by atoms with van der Waals surface area (Å²) >= 11 is 0. The summed E-state index contributed by atoms with van der Waals surface area (Å²) in [5.41, 5.74) is -0.0509. The molecule has 1 aliphatic rings. The van der Waals surface area contributed by atoms with Crippen LogP contribution in [0.4, 0.5) is 13.2 Å². The molecular formula is C10H19F3N2O. The molecule has 1 unspecified atom stereocenters. The van der Waals surface area contributed by atoms with Gasteiger partial charge in [0.15, 0.2) is 0 Å². The SMILES string of the molecule is CC1CNC(C)(C)CN1CCOC(F)(F)F. The van der Waals surface area contributed by atoms with Crippen molar-refractivity contribution in [2.24, 2.45) is 0 Å². The Morgan fingerprint density at radius 1 is 1.44 bits per heavy atom. The molecule has 0 radical (unpaired) electrons. The highest BCUT2D eigenvalue weighted by molar-refractivity contribution is 4.90. The zero-order valence-corrected chi connectivity index (χ0v) is 9.90. The number of nitrogens with one attached hydrogen (secondary N) is 1. The van der Waals surface area contributed by atoms with Gasteiger partial charge in [0.2, 0.25) is 0 Å². The van der Waals surface area contributed by atoms with Crippen molar-refractivity contribution in [1.29, 1.82) is 0 Å². The largest absolute Gasteiger partial charge is 0.522 e. The van der Waals surface area contributed by atoms with Gasteiger partial charge in [-0.2, -0.15) is 0 Å². The van der Waals surface area contributed by atoms with Gasteiger partial charge in [-0.25, -0.2) is 0 Å². The number of nitrogens with zero attached hydrogens (tertiary/aromatic N) is 1. The lowest BCUT2D eigenvalue weighted by Gasteiger charge is -2.43. The summed E-state index contributed by atoms with van der Waals surface area (Å²) in [4.78, 5) is 2.02. The van der Waals surface area contributed by atoms with Crippen LogP contribution in [0.15, 0.2) is 0 Å². The summed E-state index contributed by atoms with van der Waals surface area (Å²) in [6.45, 7) is 7.60. The first-order valence-electron chi connectivity index (χ1n) is 5.39. The van der Waals surface area contributed by atoms with Gasteiger partial charge in [0.1, 0.15) is 0 Å². The molecule has 0 spiro atoms. The van der Waals surface area contributed by atoms with E-state index in [1.54, 1.807) is 0 Å². The Balaban J connectivity index is 2.35. The highest BCUT2D eigenvalue weighted by Crippen LogP contribution is 2.18. The molecule has 1 rings (SSSR count). The van der Waals surface area contributed by atoms with Gasteiger partial charge in [0.05, 0.1) is 6.61 Å². The summed E-state index contributed by atoms with van der Waals surface area (Å²) in [5.74, 6) is 0. The molecule has 16 heavy (non-hydrogen) atoms. The lowest BCUT2D eigenvalue weighted by atomic mass is 9.99. The van der Waals surface area contributed by atoms with Crippen molar-refractivity contribution < 1.29 is 17.9 Å². The maximum atomic E-state index is 11.8. The van der Waals surface area contributed by atoms with E-state index < -0.39 is 6.36 Å². The zero-order valence-electron chi connectivity index (χ0n) is 9.90. The summed E-state index contributed by atoms with van der Waals surface area (Å²) in [6.07, 6.45) is -4.52. The molecule has 1 N–H and O–H groups in total. The van der Waals surface area contributed by atoms with Gasteiger partial charge in [-0.15, -0.1) is 13.2 Å². The van der Waals surface area contributed by atoms with Crippen molar-refractivity contribution in [3.8, 4) is 0 Å². The number of ether oxygens (including phenoxy) is 1. The van der Waals surface area contributed by atoms with E-state index in [4.69, 9.17) is 0 Å². The highest BCUT2D eigenvalue weighted by Gasteiger charge is 2.32. The Labute approximate surface area is 93.9 Å². The number of halogens is 3. The number of rotatable bonds is 3. The minimum Gasteiger partial charge on any atom is -0.309 e. The fraction of sp³-hybridized carbons (Fsp3) is 1.00. The Hall–Kier alpha value is -0.330. The minimum atomic E-state index is -4.52. The van der Waals surface area contributed by atoms with E-state index in [1.165, 1.54) is 0 Å². The first-order chi connectivity index (χ1) is 7.20. The molecule has 1 saturated heterocycles. The van der Waals surface area contributed by atoms with E-state index >= 15 is 0 Å². The third-order valence-corrected chi connectivity index (χ3v) is 2.74. The van der Waals surface area contributed by atoms with Crippen LogP contribution in [0.2, 0.25) is 0 Å². The average Bonchev–Trinajstić information content (AvgIpc) is 2.09. The molecule has 96 valence electrons. The van der Waals surface area contributed by atoms with Crippen LogP contribution < -0.4 is 5.32 Å². The maximum Gasteiger partial charge on any atom is 0.522 e. The van der Waals surface area contributed by atoms with E-state index in [0.29, 0.717) is 6.54 Å². The lowest BCUT2D eigenvalue weighted by molar-refractivity contribution is -0.325. The molecule has 3 nitrogen and oxygen atoms in total. The van der Waals surface area contributed by atoms with Crippen LogP contribution in [-0.2, 0) is 4.74 Å². The van der Waals surface area contributed by atoms with Crippen molar-refractivity contribution in [1.82, 2.24) is 10.2 Å². The van der Waals surface area contributed by atoms with Gasteiger partial charge in [0.25, 0.3) is 0 Å². The summed E-state index contributed by atoms with van der Waals surface area (Å²) < 4.78 is 39.2. The third-order valence-electron chi connectivity index (χ3n) is 2.74. The summed E-state index contributed by atoms with van der Waals surface area (Å²) in [5, 5.41) is 3.34. The molecule has 1 atom stereocenters. The quantitative estimate of drug-likeness (QED) is 0.811. The number of piperazine rings is 1. The van der Waals surface area contributed by atoms with Crippen LogP contribution in [0.5, 0.6) is 0 Å². The second kappa shape index (κ2) is 4.89. The highest BCUT2D eigenvalue weighted by atomic mass is 19.4. The third kappa shape index (κ3) is 4.67. The number of alkyl halides is 3. The fourth-order valence-corrected chi connectivity index (χ4v) is 1.85. The smallest absolute Gasteiger partial charge is 0.309 e. The summed E-state index contributed by atoms with van der Waals surface area (Å²) in [7, 11) is 0. The predicted octanol–water partition coefficient (Wildman–Crippen LogP) is 1.60. The van der Waals surface area contributed by atoms with Crippen LogP contribution in [-0.4, -0.2) is 49.1 Å². The minimum absolute atomic E-state index is 0.0509. The van der Waals surface area contributed by atoms with Crippen LogP contribution in [0.1, 0.15) is 20.8 Å². The van der Waals surface area contributed by atoms with Crippen molar-refractivity contribution in [3.05, 3.63) is 0 Å². The van der Waals surface area contributed by atoms with Gasteiger partial charge in [0, 0.05) is 31.2 Å². The first-order valence-corrected chi connectivity index (χ1v) is 5.39. The molecule has 0 aromatic rings. The molecule has 0 aromatic heterocycles. The van der Waals surface area contributed by atoms with Crippen LogP contribution in [0, 0.1) is 0 Å². The molecular weight excluding hydrogens is 221 g/mol. The van der Waals surface area contributed by atoms with Gasteiger partial charge in [-0.3, -0.25) is 9.64 Å². The molecule has 1 fully saturated rings. The number of hydrogen-bond donors (Lipinski definition) is 1. The Kier molecular flexibility index (Phi) is 4.20. The van der Waals surface area contributed by atoms with Crippen molar-refractivity contribution in [2.45, 2.75) is 38.7 Å². The van der Waals surface area contributed by atoms with Crippen LogP contribution in [0.3, 0.4) is 0 Å². The van der Waals surface area contributed by atoms with Gasteiger partial charge < -0.3 is 5.32 Å². The standard InChI is InChI=1S/C10H19F3N2O/c1-8-6-14-9(2,3)7-15(8)4-5-16-10(11,12)13/h8,14H,4-7H2,1-3H3. The Morgan fingerprint density at radius 2 is 2.06 bits per heavy atom. The molecule has 0 amide bonds. The lowest BCUT2D eigenvalue weighted by Crippen LogP contribution is -2.61. The van der Waals surface area contributed by atoms with Gasteiger partial charge in [-0.1, -0.05) is 0 Å². The maximum absolute atomic E-state index is 11.8. The van der Waals surface area contributed by atoms with E-state index in [2.05, 4.69) is 10.1 Å². The fourth-order valence-electron chi connectivity index (χ4n) is 1.85. The van der Waals surface area contributed by atoms with E-state index in [-0.39, 0.29) is 18.2 Å². The molecule has 0 aromatic carbocycles. The van der Waals surface area contributed by atoms with Crippen LogP contribution >= 0.6 is 0 Å². The van der Waals surface area contributed by atoms with Gasteiger partial charge in [-0.05, 0) is 20.8 Å². The second-order valence-electron chi connectivity index (χ2n) is 4.88. The van der Waals surface area contributed by atoms with E-state index in [9.17, 15) is 13.2 Å². The van der Waals surface area contributed by atoms with Gasteiger partial charge >= 0.3 is 6.36 Å². The Morgan fingerprint density at radius 3 is 2.62 bits per heavy atom. The zero-order chi connectivity index (χ0) is 12.4. The van der Waals surface area contributed by atoms with Crippen molar-refractivity contribution in [2.75, 3.05) is 26.2 Å². The van der Waals surface area contributed by atoms with Crippen molar-refractivity contribution in [3.63, 3.8) is 0 Å². The second-order valence-corrected chi connectivity index (χ2v) is 4.88. The molecule has 0 saturated carbocycles. The monoisotopic (exact) mass is 240 g/mol. The Bertz CT molecular complexity index is 231. The summed E-state index contributed by atoms with van der Waals surface area (Å²) in [6, 6.07) is 0.241. The predicted molar refractivity (Wildman–Crippen MR) is 55.1 cm³/mol. The van der Waals surface area contributed by atoms with E-state index in [0.717, 1.165) is 13.1 Å². The molecule has 1 heterocycles. The normalized spacial score (nSPS) is 27.0. The van der Waals surface area contributed by atoms with Crippen molar-refractivity contribution >= 4 is 0 Å². The van der Waals surface area contributed by atoms with E-state index in [1.807, 2.05) is 25.7 Å². The molecule has 6 heteroatoms. The molecule has 0 aliphatic carbocycles. The molecule has 1 aliphatic heterocycles. The topological polar surface area (TPSA) is 24.5 Å². The molecule has 0 bridgehead atoms.